The van der Waals surface area contributed by atoms with Gasteiger partial charge in [0.25, 0.3) is 10.0 Å². The van der Waals surface area contributed by atoms with Crippen LogP contribution in [0.3, 0.4) is 0 Å². The van der Waals surface area contributed by atoms with E-state index in [1.165, 1.54) is 34.8 Å². The molecule has 0 N–H and O–H groups in total. The third-order valence-electron chi connectivity index (χ3n) is 5.50. The topological polar surface area (TPSA) is 80.2 Å². The van der Waals surface area contributed by atoms with Crippen molar-refractivity contribution in [3.63, 3.8) is 0 Å². The minimum absolute atomic E-state index is 0.0748. The summed E-state index contributed by atoms with van der Waals surface area (Å²) >= 11 is 6.83. The van der Waals surface area contributed by atoms with Crippen LogP contribution in [0.2, 0.25) is 4.34 Å². The van der Waals surface area contributed by atoms with Crippen molar-refractivity contribution in [2.45, 2.75) is 42.1 Å². The molecule has 1 aliphatic rings. The number of thiophene rings is 1. The monoisotopic (exact) mass is 529 g/mol. The number of Topliss-reactive ketones (excluding diaryl/α,β-unsaturated/α-hetero) is 1. The summed E-state index contributed by atoms with van der Waals surface area (Å²) in [5.74, 6) is 0.0386. The maximum atomic E-state index is 13.0. The number of aromatic nitrogens is 2. The lowest BCUT2D eigenvalue weighted by Crippen LogP contribution is -2.40. The van der Waals surface area contributed by atoms with E-state index in [9.17, 15) is 26.4 Å². The molecule has 0 amide bonds. The van der Waals surface area contributed by atoms with E-state index in [1.54, 1.807) is 6.07 Å². The molecule has 6 nitrogen and oxygen atoms in total. The van der Waals surface area contributed by atoms with Gasteiger partial charge < -0.3 is 0 Å². The smallest absolute Gasteiger partial charge is 0.298 e. The van der Waals surface area contributed by atoms with Crippen LogP contribution in [-0.4, -0.2) is 41.1 Å². The molecule has 1 saturated heterocycles. The van der Waals surface area contributed by atoms with E-state index < -0.39 is 27.8 Å². The normalized spacial score (nSPS) is 17.2. The Morgan fingerprint density at radius 1 is 1.15 bits per heavy atom. The Morgan fingerprint density at radius 3 is 2.53 bits per heavy atom. The predicted octanol–water partition coefficient (Wildman–Crippen LogP) is 5.23. The average Bonchev–Trinajstić information content (AvgIpc) is 3.47. The molecule has 1 aromatic carbocycles. The fourth-order valence-electron chi connectivity index (χ4n) is 3.80. The zero-order chi connectivity index (χ0) is 24.5. The van der Waals surface area contributed by atoms with Crippen LogP contribution in [0, 0.1) is 0 Å². The Balaban J connectivity index is 1.44. The Morgan fingerprint density at radius 2 is 1.88 bits per heavy atom. The summed E-state index contributed by atoms with van der Waals surface area (Å²) in [7, 11) is -3.81. The van der Waals surface area contributed by atoms with E-state index >= 15 is 0 Å². The highest BCUT2D eigenvalue weighted by molar-refractivity contribution is 7.91. The zero-order valence-electron chi connectivity index (χ0n) is 17.6. The van der Waals surface area contributed by atoms with Crippen molar-refractivity contribution < 1.29 is 26.4 Å². The lowest BCUT2D eigenvalue weighted by atomic mass is 10.0. The molecule has 4 rings (SSSR count). The number of ketones is 1. The highest BCUT2D eigenvalue weighted by atomic mass is 35.5. The first-order valence-electron chi connectivity index (χ1n) is 10.3. The fourth-order valence-corrected chi connectivity index (χ4v) is 7.09. The number of hydrogen-bond acceptors (Lipinski definition) is 6. The van der Waals surface area contributed by atoms with E-state index in [0.717, 1.165) is 23.5 Å². The summed E-state index contributed by atoms with van der Waals surface area (Å²) in [6, 6.07) is 8.34. The maximum absolute atomic E-state index is 13.0. The Bertz CT molecular complexity index is 1290. The Hall–Kier alpha value is -2.34. The van der Waals surface area contributed by atoms with Gasteiger partial charge in [-0.2, -0.15) is 17.5 Å². The van der Waals surface area contributed by atoms with Crippen molar-refractivity contribution in [1.29, 1.82) is 0 Å². The van der Waals surface area contributed by atoms with Gasteiger partial charge in [-0.05, 0) is 49.6 Å². The molecule has 0 aliphatic carbocycles. The van der Waals surface area contributed by atoms with Gasteiger partial charge >= 0.3 is 6.18 Å². The molecule has 0 radical (unpaired) electrons. The Labute approximate surface area is 203 Å². The first-order valence-corrected chi connectivity index (χ1v) is 13.0. The van der Waals surface area contributed by atoms with E-state index in [-0.39, 0.29) is 35.2 Å². The molecule has 180 valence electrons. The minimum atomic E-state index is -4.43. The van der Waals surface area contributed by atoms with Crippen molar-refractivity contribution >= 4 is 38.7 Å². The molecule has 3 aromatic rings. The first kappa shape index (κ1) is 24.8. The van der Waals surface area contributed by atoms with Gasteiger partial charge in [-0.3, -0.25) is 4.79 Å². The number of hydrogen-bond donors (Lipinski definition) is 0. The van der Waals surface area contributed by atoms with Crippen LogP contribution >= 0.6 is 22.9 Å². The summed E-state index contributed by atoms with van der Waals surface area (Å²) in [6.45, 7) is 0.264. The van der Waals surface area contributed by atoms with E-state index in [1.807, 2.05) is 0 Å². The van der Waals surface area contributed by atoms with E-state index in [0.29, 0.717) is 28.4 Å². The maximum Gasteiger partial charge on any atom is 0.416 e. The molecule has 3 heterocycles. The van der Waals surface area contributed by atoms with E-state index in [2.05, 4.69) is 9.97 Å². The molecule has 1 atom stereocenters. The highest BCUT2D eigenvalue weighted by Crippen LogP contribution is 2.33. The first-order chi connectivity index (χ1) is 16.1. The van der Waals surface area contributed by atoms with Crippen LogP contribution in [0.1, 0.15) is 30.5 Å². The van der Waals surface area contributed by atoms with Crippen LogP contribution in [0.5, 0.6) is 0 Å². The molecular formula is C22H19ClF3N3O3S2. The summed E-state index contributed by atoms with van der Waals surface area (Å²) in [5, 5.41) is 0. The van der Waals surface area contributed by atoms with Gasteiger partial charge in [0, 0.05) is 30.4 Å². The van der Waals surface area contributed by atoms with Crippen LogP contribution in [0.25, 0.3) is 11.4 Å². The predicted molar refractivity (Wildman–Crippen MR) is 122 cm³/mol. The third kappa shape index (κ3) is 5.32. The lowest BCUT2D eigenvalue weighted by molar-refractivity contribution is -0.137. The van der Waals surface area contributed by atoms with Gasteiger partial charge in [0.05, 0.1) is 15.9 Å². The van der Waals surface area contributed by atoms with Gasteiger partial charge in [0.15, 0.2) is 11.6 Å². The van der Waals surface area contributed by atoms with Gasteiger partial charge in [-0.1, -0.05) is 23.7 Å². The van der Waals surface area contributed by atoms with Crippen LogP contribution < -0.4 is 0 Å². The molecule has 12 heteroatoms. The lowest BCUT2D eigenvalue weighted by Gasteiger charge is -2.22. The number of nitrogens with zero attached hydrogens (tertiary/aromatic N) is 3. The van der Waals surface area contributed by atoms with Crippen molar-refractivity contribution in [1.82, 2.24) is 14.3 Å². The fraction of sp³-hybridized carbons (Fsp3) is 0.318. The van der Waals surface area contributed by atoms with Crippen LogP contribution in [0.4, 0.5) is 13.2 Å². The summed E-state index contributed by atoms with van der Waals surface area (Å²) in [6.07, 6.45) is -1.60. The van der Waals surface area contributed by atoms with Crippen LogP contribution in [-0.2, 0) is 27.4 Å². The molecule has 0 spiro atoms. The summed E-state index contributed by atoms with van der Waals surface area (Å²) in [5.41, 5.74) is 0.193. The molecule has 1 aliphatic heterocycles. The quantitative estimate of drug-likeness (QED) is 0.418. The second kappa shape index (κ2) is 9.73. The summed E-state index contributed by atoms with van der Waals surface area (Å²) in [4.78, 5) is 21.4. The molecule has 34 heavy (non-hydrogen) atoms. The number of sulfonamides is 1. The molecular weight excluding hydrogens is 511 g/mol. The second-order valence-electron chi connectivity index (χ2n) is 7.75. The number of halogens is 4. The number of carbonyl (C=O) groups excluding carboxylic acids is 1. The third-order valence-corrected chi connectivity index (χ3v) is 9.10. The van der Waals surface area contributed by atoms with Crippen molar-refractivity contribution in [2.24, 2.45) is 0 Å². The summed E-state index contributed by atoms with van der Waals surface area (Å²) < 4.78 is 66.0. The van der Waals surface area contributed by atoms with Crippen molar-refractivity contribution in [3.05, 3.63) is 64.3 Å². The van der Waals surface area contributed by atoms with Gasteiger partial charge in [-0.25, -0.2) is 18.4 Å². The molecule has 2 aromatic heterocycles. The largest absolute Gasteiger partial charge is 0.416 e. The number of benzene rings is 1. The minimum Gasteiger partial charge on any atom is -0.298 e. The highest BCUT2D eigenvalue weighted by Gasteiger charge is 2.39. The van der Waals surface area contributed by atoms with E-state index in [4.69, 9.17) is 11.6 Å². The molecule has 1 fully saturated rings. The average molecular weight is 530 g/mol. The van der Waals surface area contributed by atoms with Crippen molar-refractivity contribution in [2.75, 3.05) is 6.54 Å². The van der Waals surface area contributed by atoms with Crippen LogP contribution in [0.15, 0.2) is 52.9 Å². The van der Waals surface area contributed by atoms with Gasteiger partial charge in [0.2, 0.25) is 0 Å². The van der Waals surface area contributed by atoms with Crippen molar-refractivity contribution in [3.8, 4) is 11.4 Å². The molecule has 0 unspecified atom stereocenters. The Kier molecular flexibility index (Phi) is 7.09. The standard InChI is InChI=1S/C22H19ClF3N3O3S2/c23-19-9-10-20(33-19)34(31,32)29-13-1-2-17(29)18(30)8-7-16-11-12-27-21(28-16)14-3-5-15(6-4-14)22(24,25)26/h3-6,9-12,17H,1-2,7-8,13H2/t17-/m0/s1. The number of rotatable bonds is 7. The SMILES string of the molecule is O=C(CCc1ccnc(-c2ccc(C(F)(F)F)cc2)n1)[C@@H]1CCCN1S(=O)(=O)c1ccc(Cl)s1. The zero-order valence-corrected chi connectivity index (χ0v) is 20.0. The van der Waals surface area contributed by atoms with Gasteiger partial charge in [-0.15, -0.1) is 11.3 Å². The molecule has 0 saturated carbocycles. The number of aryl methyl sites for hydroxylation is 1. The number of carbonyl (C=O) groups is 1. The van der Waals surface area contributed by atoms with Gasteiger partial charge in [0.1, 0.15) is 4.21 Å². The second-order valence-corrected chi connectivity index (χ2v) is 11.6. The molecule has 0 bridgehead atoms. The number of alkyl halides is 3.